The molecule has 2 aliphatic carbocycles. The van der Waals surface area contributed by atoms with Crippen molar-refractivity contribution in [3.8, 4) is 0 Å². The molecule has 98 valence electrons. The molecule has 0 aromatic heterocycles. The van der Waals surface area contributed by atoms with E-state index in [-0.39, 0.29) is 11.9 Å². The molecule has 2 saturated carbocycles. The van der Waals surface area contributed by atoms with Crippen LogP contribution < -0.4 is 5.32 Å². The van der Waals surface area contributed by atoms with Gasteiger partial charge in [0.15, 0.2) is 0 Å². The second-order valence-corrected chi connectivity index (χ2v) is 6.13. The molecule has 1 aromatic rings. The molecule has 0 amide bonds. The maximum Gasteiger partial charge on any atom is 0.128 e. The van der Waals surface area contributed by atoms with E-state index in [4.69, 9.17) is 0 Å². The monoisotopic (exact) mass is 247 g/mol. The number of benzene rings is 1. The first-order valence-electron chi connectivity index (χ1n) is 7.12. The third-order valence-corrected chi connectivity index (χ3v) is 5.02. The molecular weight excluding hydrogens is 225 g/mol. The average Bonchev–Trinajstić information content (AvgIpc) is 2.97. The van der Waals surface area contributed by atoms with Crippen molar-refractivity contribution < 1.29 is 4.39 Å². The molecule has 0 saturated heterocycles. The highest BCUT2D eigenvalue weighted by molar-refractivity contribution is 5.28. The van der Waals surface area contributed by atoms with Crippen molar-refractivity contribution in [2.45, 2.75) is 38.6 Å². The van der Waals surface area contributed by atoms with Crippen LogP contribution in [0, 0.1) is 30.5 Å². The molecule has 18 heavy (non-hydrogen) atoms. The summed E-state index contributed by atoms with van der Waals surface area (Å²) in [6.45, 7) is 2.04. The number of halogens is 1. The van der Waals surface area contributed by atoms with Gasteiger partial charge in [-0.05, 0) is 57.1 Å². The van der Waals surface area contributed by atoms with Gasteiger partial charge in [-0.3, -0.25) is 0 Å². The van der Waals surface area contributed by atoms with Gasteiger partial charge in [0.25, 0.3) is 0 Å². The molecule has 0 spiro atoms. The van der Waals surface area contributed by atoms with E-state index in [2.05, 4.69) is 5.32 Å². The maximum atomic E-state index is 14.1. The molecule has 4 unspecified atom stereocenters. The van der Waals surface area contributed by atoms with Gasteiger partial charge in [0.1, 0.15) is 5.82 Å². The summed E-state index contributed by atoms with van der Waals surface area (Å²) in [6, 6.07) is 5.68. The number of nitrogens with one attached hydrogen (secondary N) is 1. The lowest BCUT2D eigenvalue weighted by Gasteiger charge is -2.31. The summed E-state index contributed by atoms with van der Waals surface area (Å²) < 4.78 is 14.1. The second kappa shape index (κ2) is 4.65. The van der Waals surface area contributed by atoms with Crippen molar-refractivity contribution in [2.24, 2.45) is 17.8 Å². The predicted molar refractivity (Wildman–Crippen MR) is 71.9 cm³/mol. The number of hydrogen-bond donors (Lipinski definition) is 1. The van der Waals surface area contributed by atoms with Gasteiger partial charge < -0.3 is 5.32 Å². The molecule has 0 heterocycles. The van der Waals surface area contributed by atoms with Gasteiger partial charge in [-0.1, -0.05) is 24.1 Å². The van der Waals surface area contributed by atoms with Gasteiger partial charge >= 0.3 is 0 Å². The van der Waals surface area contributed by atoms with Crippen molar-refractivity contribution in [3.63, 3.8) is 0 Å². The Hall–Kier alpha value is -0.890. The zero-order chi connectivity index (χ0) is 12.7. The average molecular weight is 247 g/mol. The number of fused-ring (bicyclic) bond motifs is 2. The van der Waals surface area contributed by atoms with E-state index in [0.29, 0.717) is 5.92 Å². The van der Waals surface area contributed by atoms with Crippen LogP contribution in [0.15, 0.2) is 18.2 Å². The van der Waals surface area contributed by atoms with E-state index in [9.17, 15) is 4.39 Å². The third kappa shape index (κ3) is 1.97. The Morgan fingerprint density at radius 3 is 2.72 bits per heavy atom. The number of aryl methyl sites for hydroxylation is 1. The summed E-state index contributed by atoms with van der Waals surface area (Å²) in [5, 5.41) is 3.37. The highest BCUT2D eigenvalue weighted by Crippen LogP contribution is 2.52. The summed E-state index contributed by atoms with van der Waals surface area (Å²) in [5.74, 6) is 2.30. The van der Waals surface area contributed by atoms with E-state index in [0.717, 1.165) is 23.0 Å². The standard InChI is InChI=1S/C16H22FN/c1-10-3-6-15(17)14(7-10)16(18-2)13-9-11-4-5-12(13)8-11/h3,6-7,11-13,16,18H,4-5,8-9H2,1-2H3. The fraction of sp³-hybridized carbons (Fsp3) is 0.625. The topological polar surface area (TPSA) is 12.0 Å². The Morgan fingerprint density at radius 2 is 2.11 bits per heavy atom. The van der Waals surface area contributed by atoms with Crippen LogP contribution in [0.3, 0.4) is 0 Å². The normalized spacial score (nSPS) is 31.8. The van der Waals surface area contributed by atoms with Crippen LogP contribution in [0.25, 0.3) is 0 Å². The van der Waals surface area contributed by atoms with E-state index in [1.807, 2.05) is 26.1 Å². The molecule has 1 nitrogen and oxygen atoms in total. The van der Waals surface area contributed by atoms with Crippen LogP contribution in [-0.2, 0) is 0 Å². The van der Waals surface area contributed by atoms with Crippen LogP contribution in [0.5, 0.6) is 0 Å². The second-order valence-electron chi connectivity index (χ2n) is 6.13. The van der Waals surface area contributed by atoms with Crippen LogP contribution in [0.4, 0.5) is 4.39 Å². The van der Waals surface area contributed by atoms with Crippen molar-refractivity contribution >= 4 is 0 Å². The molecule has 2 heteroatoms. The summed E-state index contributed by atoms with van der Waals surface area (Å²) in [4.78, 5) is 0. The molecule has 1 aromatic carbocycles. The van der Waals surface area contributed by atoms with Crippen molar-refractivity contribution in [1.29, 1.82) is 0 Å². The van der Waals surface area contributed by atoms with Gasteiger partial charge in [-0.15, -0.1) is 0 Å². The first-order valence-corrected chi connectivity index (χ1v) is 7.12. The molecule has 0 aliphatic heterocycles. The first kappa shape index (κ1) is 12.2. The molecule has 0 radical (unpaired) electrons. The Morgan fingerprint density at radius 1 is 1.28 bits per heavy atom. The minimum atomic E-state index is -0.0530. The van der Waals surface area contributed by atoms with Gasteiger partial charge in [0, 0.05) is 11.6 Å². The highest BCUT2D eigenvalue weighted by Gasteiger charge is 2.43. The lowest BCUT2D eigenvalue weighted by Crippen LogP contribution is -2.29. The van der Waals surface area contributed by atoms with E-state index >= 15 is 0 Å². The van der Waals surface area contributed by atoms with Gasteiger partial charge in [0.05, 0.1) is 0 Å². The fourth-order valence-electron chi connectivity index (χ4n) is 4.20. The number of rotatable bonds is 3. The zero-order valence-corrected chi connectivity index (χ0v) is 11.2. The first-order chi connectivity index (χ1) is 8.69. The van der Waals surface area contributed by atoms with Crippen molar-refractivity contribution in [2.75, 3.05) is 7.05 Å². The molecule has 2 aliphatic rings. The molecule has 2 bridgehead atoms. The lowest BCUT2D eigenvalue weighted by molar-refractivity contribution is 0.255. The Labute approximate surface area is 109 Å². The van der Waals surface area contributed by atoms with E-state index in [1.54, 1.807) is 6.07 Å². The molecular formula is C16H22FN. The van der Waals surface area contributed by atoms with Gasteiger partial charge in [-0.2, -0.15) is 0 Å². The quantitative estimate of drug-likeness (QED) is 0.856. The summed E-state index contributed by atoms with van der Waals surface area (Å²) in [6.07, 6.45) is 5.40. The molecule has 3 rings (SSSR count). The Kier molecular flexibility index (Phi) is 3.14. The number of hydrogen-bond acceptors (Lipinski definition) is 1. The Bertz CT molecular complexity index is 443. The van der Waals surface area contributed by atoms with Gasteiger partial charge in [-0.25, -0.2) is 4.39 Å². The van der Waals surface area contributed by atoms with Crippen molar-refractivity contribution in [1.82, 2.24) is 5.32 Å². The molecule has 2 fully saturated rings. The SMILES string of the molecule is CNC(c1cc(C)ccc1F)C1CC2CCC1C2. The minimum absolute atomic E-state index is 0.0530. The van der Waals surface area contributed by atoms with Crippen LogP contribution >= 0.6 is 0 Å². The maximum absolute atomic E-state index is 14.1. The fourth-order valence-corrected chi connectivity index (χ4v) is 4.20. The van der Waals surface area contributed by atoms with Crippen LogP contribution in [0.1, 0.15) is 42.9 Å². The summed E-state index contributed by atoms with van der Waals surface area (Å²) >= 11 is 0. The molecule has 1 N–H and O–H groups in total. The zero-order valence-electron chi connectivity index (χ0n) is 11.2. The largest absolute Gasteiger partial charge is 0.313 e. The van der Waals surface area contributed by atoms with E-state index in [1.165, 1.54) is 25.7 Å². The summed E-state index contributed by atoms with van der Waals surface area (Å²) in [5.41, 5.74) is 2.02. The van der Waals surface area contributed by atoms with Gasteiger partial charge in [0.2, 0.25) is 0 Å². The summed E-state index contributed by atoms with van der Waals surface area (Å²) in [7, 11) is 1.97. The third-order valence-electron chi connectivity index (χ3n) is 5.02. The molecule has 4 atom stereocenters. The van der Waals surface area contributed by atoms with Crippen LogP contribution in [0.2, 0.25) is 0 Å². The van der Waals surface area contributed by atoms with Crippen molar-refractivity contribution in [3.05, 3.63) is 35.1 Å². The smallest absolute Gasteiger partial charge is 0.128 e. The Balaban J connectivity index is 1.90. The lowest BCUT2D eigenvalue weighted by atomic mass is 9.80. The predicted octanol–water partition coefficient (Wildman–Crippen LogP) is 3.83. The van der Waals surface area contributed by atoms with E-state index < -0.39 is 0 Å². The van der Waals surface area contributed by atoms with Crippen LogP contribution in [-0.4, -0.2) is 7.05 Å². The minimum Gasteiger partial charge on any atom is -0.313 e. The highest BCUT2D eigenvalue weighted by atomic mass is 19.1.